The molecule has 1 unspecified atom stereocenters. The summed E-state index contributed by atoms with van der Waals surface area (Å²) in [5.74, 6) is 0.173. The molecule has 20 heavy (non-hydrogen) atoms. The van der Waals surface area contributed by atoms with Crippen LogP contribution in [0.1, 0.15) is 29.6 Å². The number of esters is 1. The molecule has 0 bridgehead atoms. The van der Waals surface area contributed by atoms with E-state index < -0.39 is 5.97 Å². The van der Waals surface area contributed by atoms with E-state index in [1.807, 2.05) is 6.08 Å². The van der Waals surface area contributed by atoms with Crippen LogP contribution >= 0.6 is 0 Å². The molecule has 1 aliphatic heterocycles. The molecule has 0 aromatic heterocycles. The zero-order valence-electron chi connectivity index (χ0n) is 11.6. The van der Waals surface area contributed by atoms with Gasteiger partial charge in [0, 0.05) is 6.04 Å². The molecule has 0 spiro atoms. The minimum Gasteiger partial charge on any atom is -0.491 e. The van der Waals surface area contributed by atoms with Crippen molar-refractivity contribution >= 4 is 17.3 Å². The van der Waals surface area contributed by atoms with Crippen molar-refractivity contribution in [3.8, 4) is 5.75 Å². The molecular formula is C15H20N2O3. The van der Waals surface area contributed by atoms with Crippen molar-refractivity contribution in [1.29, 1.82) is 0 Å². The first-order chi connectivity index (χ1) is 9.65. The van der Waals surface area contributed by atoms with Crippen LogP contribution in [0.25, 0.3) is 0 Å². The van der Waals surface area contributed by atoms with Crippen molar-refractivity contribution in [2.45, 2.75) is 25.3 Å². The van der Waals surface area contributed by atoms with Gasteiger partial charge in [0.2, 0.25) is 0 Å². The summed E-state index contributed by atoms with van der Waals surface area (Å²) in [6, 6.07) is 3.55. The van der Waals surface area contributed by atoms with Gasteiger partial charge in [0.1, 0.15) is 11.4 Å². The Balaban J connectivity index is 2.36. The van der Waals surface area contributed by atoms with Crippen molar-refractivity contribution in [3.63, 3.8) is 0 Å². The second kappa shape index (κ2) is 6.32. The molecule has 5 nitrogen and oxygen atoms in total. The smallest absolute Gasteiger partial charge is 0.338 e. The van der Waals surface area contributed by atoms with Gasteiger partial charge in [0.05, 0.1) is 25.0 Å². The molecule has 1 aliphatic rings. The van der Waals surface area contributed by atoms with Gasteiger partial charge < -0.3 is 20.5 Å². The second-order valence-corrected chi connectivity index (χ2v) is 4.79. The molecule has 1 atom stereocenters. The maximum Gasteiger partial charge on any atom is 0.338 e. The Labute approximate surface area is 118 Å². The first-order valence-electron chi connectivity index (χ1n) is 6.67. The number of rotatable bonds is 3. The van der Waals surface area contributed by atoms with Crippen LogP contribution in [0, 0.1) is 0 Å². The number of anilines is 2. The topological polar surface area (TPSA) is 73.6 Å². The van der Waals surface area contributed by atoms with Crippen LogP contribution in [-0.4, -0.2) is 25.7 Å². The number of carbonyl (C=O) groups excluding carboxylic acids is 1. The van der Waals surface area contributed by atoms with Gasteiger partial charge in [0.25, 0.3) is 0 Å². The molecule has 0 aliphatic carbocycles. The van der Waals surface area contributed by atoms with E-state index in [-0.39, 0.29) is 6.04 Å². The van der Waals surface area contributed by atoms with Gasteiger partial charge in [-0.3, -0.25) is 0 Å². The molecule has 5 heteroatoms. The van der Waals surface area contributed by atoms with Crippen LogP contribution < -0.4 is 15.8 Å². The highest BCUT2D eigenvalue weighted by Gasteiger charge is 2.19. The van der Waals surface area contributed by atoms with E-state index in [0.29, 0.717) is 23.6 Å². The summed E-state index contributed by atoms with van der Waals surface area (Å²) in [7, 11) is 1.34. The fourth-order valence-electron chi connectivity index (χ4n) is 2.31. The maximum absolute atomic E-state index is 11.6. The third-order valence-electron chi connectivity index (χ3n) is 3.31. The largest absolute Gasteiger partial charge is 0.491 e. The third-order valence-corrected chi connectivity index (χ3v) is 3.31. The predicted molar refractivity (Wildman–Crippen MR) is 79.1 cm³/mol. The molecule has 1 aromatic rings. The fourth-order valence-corrected chi connectivity index (χ4v) is 2.31. The van der Waals surface area contributed by atoms with Crippen LogP contribution in [0.15, 0.2) is 24.8 Å². The molecule has 1 aromatic carbocycles. The monoisotopic (exact) mass is 276 g/mol. The average Bonchev–Trinajstić information content (AvgIpc) is 2.42. The number of nitrogens with one attached hydrogen (secondary N) is 1. The van der Waals surface area contributed by atoms with E-state index in [1.54, 1.807) is 12.1 Å². The van der Waals surface area contributed by atoms with E-state index in [4.69, 9.17) is 15.2 Å². The van der Waals surface area contributed by atoms with Crippen molar-refractivity contribution in [3.05, 3.63) is 30.4 Å². The van der Waals surface area contributed by atoms with Crippen molar-refractivity contribution in [1.82, 2.24) is 0 Å². The highest BCUT2D eigenvalue weighted by molar-refractivity contribution is 5.93. The van der Waals surface area contributed by atoms with Crippen LogP contribution in [-0.2, 0) is 4.74 Å². The van der Waals surface area contributed by atoms with Crippen LogP contribution in [0.2, 0.25) is 0 Å². The number of hydrogen-bond donors (Lipinski definition) is 2. The number of fused-ring (bicyclic) bond motifs is 1. The van der Waals surface area contributed by atoms with Crippen LogP contribution in [0.5, 0.6) is 5.75 Å². The van der Waals surface area contributed by atoms with Gasteiger partial charge in [-0.1, -0.05) is 6.08 Å². The third kappa shape index (κ3) is 3.04. The molecule has 0 radical (unpaired) electrons. The van der Waals surface area contributed by atoms with Crippen LogP contribution in [0.3, 0.4) is 0 Å². The minimum absolute atomic E-state index is 0.279. The predicted octanol–water partition coefficient (Wildman–Crippen LogP) is 2.58. The summed E-state index contributed by atoms with van der Waals surface area (Å²) in [5, 5.41) is 3.38. The van der Waals surface area contributed by atoms with E-state index in [9.17, 15) is 4.79 Å². The van der Waals surface area contributed by atoms with E-state index in [0.717, 1.165) is 24.9 Å². The molecule has 0 amide bonds. The maximum atomic E-state index is 11.6. The van der Waals surface area contributed by atoms with Gasteiger partial charge in [-0.25, -0.2) is 4.79 Å². The standard InChI is InChI=1S/C15H20N2O3/c1-3-5-11-6-4-7-20-13-9-10(15(18)19-2)8-12(16)14(13)17-11/h3,8-9,11,17H,1,4-7,16H2,2H3. The number of carbonyl (C=O) groups is 1. The van der Waals surface area contributed by atoms with Crippen LogP contribution in [0.4, 0.5) is 11.4 Å². The first-order valence-corrected chi connectivity index (χ1v) is 6.67. The highest BCUT2D eigenvalue weighted by Crippen LogP contribution is 2.35. The van der Waals surface area contributed by atoms with Crippen molar-refractivity contribution < 1.29 is 14.3 Å². The zero-order valence-corrected chi connectivity index (χ0v) is 11.6. The Morgan fingerprint density at radius 3 is 3.15 bits per heavy atom. The lowest BCUT2D eigenvalue weighted by molar-refractivity contribution is 0.0600. The summed E-state index contributed by atoms with van der Waals surface area (Å²) in [6.45, 7) is 4.38. The lowest BCUT2D eigenvalue weighted by atomic mass is 10.0. The number of nitrogen functional groups attached to an aromatic ring is 1. The SMILES string of the molecule is C=CCC1CCCOc2cc(C(=O)OC)cc(N)c2N1. The molecular weight excluding hydrogens is 256 g/mol. The first kappa shape index (κ1) is 14.2. The van der Waals surface area contributed by atoms with Gasteiger partial charge in [-0.2, -0.15) is 0 Å². The molecule has 108 valence electrons. The molecule has 1 heterocycles. The van der Waals surface area contributed by atoms with Crippen molar-refractivity contribution in [2.75, 3.05) is 24.8 Å². The van der Waals surface area contributed by atoms with Crippen molar-refractivity contribution in [2.24, 2.45) is 0 Å². The van der Waals surface area contributed by atoms with E-state index in [2.05, 4.69) is 11.9 Å². The number of benzene rings is 1. The number of hydrogen-bond acceptors (Lipinski definition) is 5. The summed E-state index contributed by atoms with van der Waals surface area (Å²) in [5.41, 5.74) is 7.66. The van der Waals surface area contributed by atoms with Gasteiger partial charge in [-0.15, -0.1) is 6.58 Å². The van der Waals surface area contributed by atoms with E-state index >= 15 is 0 Å². The molecule has 0 saturated carbocycles. The molecule has 0 fully saturated rings. The average molecular weight is 276 g/mol. The Morgan fingerprint density at radius 1 is 1.65 bits per heavy atom. The summed E-state index contributed by atoms with van der Waals surface area (Å²) in [4.78, 5) is 11.6. The Hall–Kier alpha value is -2.17. The molecule has 0 saturated heterocycles. The van der Waals surface area contributed by atoms with E-state index in [1.165, 1.54) is 7.11 Å². The Bertz CT molecular complexity index is 514. The number of nitrogens with two attached hydrogens (primary N) is 1. The molecule has 2 rings (SSSR count). The lowest BCUT2D eigenvalue weighted by Crippen LogP contribution is -2.23. The fraction of sp³-hybridized carbons (Fsp3) is 0.400. The summed E-state index contributed by atoms with van der Waals surface area (Å²) in [6.07, 6.45) is 4.67. The molecule has 3 N–H and O–H groups in total. The van der Waals surface area contributed by atoms with Gasteiger partial charge in [0.15, 0.2) is 0 Å². The summed E-state index contributed by atoms with van der Waals surface area (Å²) < 4.78 is 10.4. The Morgan fingerprint density at radius 2 is 2.45 bits per heavy atom. The normalized spacial score (nSPS) is 17.8. The number of ether oxygens (including phenoxy) is 2. The number of methoxy groups -OCH3 is 1. The lowest BCUT2D eigenvalue weighted by Gasteiger charge is -2.25. The zero-order chi connectivity index (χ0) is 14.5. The van der Waals surface area contributed by atoms with Gasteiger partial charge >= 0.3 is 5.97 Å². The Kier molecular flexibility index (Phi) is 4.50. The highest BCUT2D eigenvalue weighted by atomic mass is 16.5. The summed E-state index contributed by atoms with van der Waals surface area (Å²) >= 11 is 0. The second-order valence-electron chi connectivity index (χ2n) is 4.79. The quantitative estimate of drug-likeness (QED) is 0.504. The minimum atomic E-state index is -0.423. The van der Waals surface area contributed by atoms with Gasteiger partial charge in [-0.05, 0) is 31.4 Å².